The molecule has 1 aromatic carbocycles. The lowest BCUT2D eigenvalue weighted by Crippen LogP contribution is -2.55. The number of carbonyl (C=O) groups is 3. The zero-order valence-electron chi connectivity index (χ0n) is 20.9. The lowest BCUT2D eigenvalue weighted by Gasteiger charge is -2.28. The molecule has 0 aliphatic carbocycles. The normalized spacial score (nSPS) is 14.3. The molecule has 3 amide bonds. The maximum atomic E-state index is 13.2. The zero-order chi connectivity index (χ0) is 25.0. The van der Waals surface area contributed by atoms with Gasteiger partial charge in [-0.2, -0.15) is 0 Å². The van der Waals surface area contributed by atoms with Crippen LogP contribution < -0.4 is 21.7 Å². The SMILES string of the molecule is CNC(=O)[C@H](Cc1ccccc1)NC(=O)C(CC(C)C)NC(=O)C(CCCN)SC(C)(C)C. The van der Waals surface area contributed by atoms with Crippen molar-refractivity contribution in [1.82, 2.24) is 16.0 Å². The highest BCUT2D eigenvalue weighted by Crippen LogP contribution is 2.30. The molecule has 0 aliphatic heterocycles. The van der Waals surface area contributed by atoms with Gasteiger partial charge in [-0.15, -0.1) is 11.8 Å². The minimum absolute atomic E-state index is 0.105. The van der Waals surface area contributed by atoms with Gasteiger partial charge in [0.25, 0.3) is 0 Å². The fourth-order valence-electron chi connectivity index (χ4n) is 3.45. The molecule has 0 fully saturated rings. The highest BCUT2D eigenvalue weighted by molar-refractivity contribution is 8.01. The van der Waals surface area contributed by atoms with E-state index < -0.39 is 12.1 Å². The van der Waals surface area contributed by atoms with Gasteiger partial charge in [0, 0.05) is 18.2 Å². The number of hydrogen-bond acceptors (Lipinski definition) is 5. The Morgan fingerprint density at radius 1 is 0.970 bits per heavy atom. The summed E-state index contributed by atoms with van der Waals surface area (Å²) in [4.78, 5) is 38.9. The smallest absolute Gasteiger partial charge is 0.243 e. The molecule has 186 valence electrons. The molecule has 0 spiro atoms. The van der Waals surface area contributed by atoms with E-state index in [2.05, 4.69) is 36.7 Å². The second-order valence-electron chi connectivity index (χ2n) is 9.71. The van der Waals surface area contributed by atoms with E-state index in [4.69, 9.17) is 5.73 Å². The summed E-state index contributed by atoms with van der Waals surface area (Å²) in [5.41, 5.74) is 6.62. The molecule has 0 radical (unpaired) electrons. The van der Waals surface area contributed by atoms with E-state index in [1.165, 1.54) is 0 Å². The van der Waals surface area contributed by atoms with E-state index in [1.54, 1.807) is 18.8 Å². The summed E-state index contributed by atoms with van der Waals surface area (Å²) in [6.45, 7) is 10.7. The Morgan fingerprint density at radius 2 is 1.58 bits per heavy atom. The van der Waals surface area contributed by atoms with Crippen LogP contribution in [-0.2, 0) is 20.8 Å². The predicted molar refractivity (Wildman–Crippen MR) is 137 cm³/mol. The van der Waals surface area contributed by atoms with Crippen LogP contribution >= 0.6 is 11.8 Å². The van der Waals surface area contributed by atoms with Crippen molar-refractivity contribution < 1.29 is 14.4 Å². The summed E-state index contributed by atoms with van der Waals surface area (Å²) in [5.74, 6) is -0.596. The van der Waals surface area contributed by atoms with Gasteiger partial charge >= 0.3 is 0 Å². The standard InChI is InChI=1S/C25H42N4O3S/c1-17(2)15-19(29-24(32)21(13-10-14-26)33-25(3,4)5)23(31)28-20(22(30)27-6)16-18-11-8-7-9-12-18/h7-9,11-12,17,19-21H,10,13-16,26H2,1-6H3,(H,27,30)(H,28,31)(H,29,32)/t19?,20-,21?/m0/s1. The first-order chi connectivity index (χ1) is 15.5. The number of benzene rings is 1. The topological polar surface area (TPSA) is 113 Å². The van der Waals surface area contributed by atoms with Gasteiger partial charge in [-0.25, -0.2) is 0 Å². The molecule has 0 saturated heterocycles. The molecule has 33 heavy (non-hydrogen) atoms. The number of nitrogens with one attached hydrogen (secondary N) is 3. The largest absolute Gasteiger partial charge is 0.357 e. The first-order valence-electron chi connectivity index (χ1n) is 11.7. The van der Waals surface area contributed by atoms with Crippen LogP contribution in [-0.4, -0.2) is 53.4 Å². The fraction of sp³-hybridized carbons (Fsp3) is 0.640. The molecule has 2 unspecified atom stereocenters. The number of carbonyl (C=O) groups excluding carboxylic acids is 3. The molecule has 1 aromatic rings. The summed E-state index contributed by atoms with van der Waals surface area (Å²) >= 11 is 1.58. The summed E-state index contributed by atoms with van der Waals surface area (Å²) in [6.07, 6.45) is 2.23. The van der Waals surface area contributed by atoms with E-state index in [0.29, 0.717) is 25.8 Å². The van der Waals surface area contributed by atoms with Crippen molar-refractivity contribution in [3.63, 3.8) is 0 Å². The summed E-state index contributed by atoms with van der Waals surface area (Å²) in [6, 6.07) is 8.09. The second-order valence-corrected chi connectivity index (χ2v) is 11.7. The quantitative estimate of drug-likeness (QED) is 0.348. The monoisotopic (exact) mass is 478 g/mol. The number of nitrogens with two attached hydrogens (primary N) is 1. The average molecular weight is 479 g/mol. The predicted octanol–water partition coefficient (Wildman–Crippen LogP) is 2.63. The van der Waals surface area contributed by atoms with Crippen LogP contribution in [0.3, 0.4) is 0 Å². The molecule has 0 heterocycles. The molecule has 5 N–H and O–H groups in total. The van der Waals surface area contributed by atoms with Crippen LogP contribution in [0.5, 0.6) is 0 Å². The van der Waals surface area contributed by atoms with Gasteiger partial charge in [-0.05, 0) is 37.3 Å². The summed E-state index contributed by atoms with van der Waals surface area (Å²) < 4.78 is -0.105. The van der Waals surface area contributed by atoms with Gasteiger partial charge < -0.3 is 21.7 Å². The molecule has 3 atom stereocenters. The molecule has 0 saturated carbocycles. The third-order valence-electron chi connectivity index (χ3n) is 4.96. The summed E-state index contributed by atoms with van der Waals surface area (Å²) in [7, 11) is 1.55. The number of hydrogen-bond donors (Lipinski definition) is 4. The van der Waals surface area contributed by atoms with Crippen LogP contribution in [0.25, 0.3) is 0 Å². The average Bonchev–Trinajstić information content (AvgIpc) is 2.74. The van der Waals surface area contributed by atoms with Crippen LogP contribution in [0.1, 0.15) is 59.4 Å². The van der Waals surface area contributed by atoms with E-state index in [9.17, 15) is 14.4 Å². The molecule has 0 aliphatic rings. The number of likely N-dealkylation sites (N-methyl/N-ethyl adjacent to an activating group) is 1. The Hall–Kier alpha value is -2.06. The molecule has 1 rings (SSSR count). The van der Waals surface area contributed by atoms with Crippen LogP contribution in [0, 0.1) is 5.92 Å². The Kier molecular flexibility index (Phi) is 12.5. The fourth-order valence-corrected chi connectivity index (χ4v) is 4.76. The van der Waals surface area contributed by atoms with Gasteiger partial charge in [0.05, 0.1) is 5.25 Å². The molecular formula is C25H42N4O3S. The summed E-state index contributed by atoms with van der Waals surface area (Å²) in [5, 5.41) is 8.15. The molecular weight excluding hydrogens is 436 g/mol. The Morgan fingerprint density at radius 3 is 2.09 bits per heavy atom. The molecule has 0 aromatic heterocycles. The number of amides is 3. The van der Waals surface area contributed by atoms with Crippen molar-refractivity contribution in [2.45, 2.75) is 82.4 Å². The van der Waals surface area contributed by atoms with Gasteiger partial charge in [-0.3, -0.25) is 14.4 Å². The number of rotatable bonds is 13. The third-order valence-corrected chi connectivity index (χ3v) is 6.40. The molecule has 0 bridgehead atoms. The first kappa shape index (κ1) is 29.0. The van der Waals surface area contributed by atoms with E-state index >= 15 is 0 Å². The van der Waals surface area contributed by atoms with Crippen LogP contribution in [0.15, 0.2) is 30.3 Å². The van der Waals surface area contributed by atoms with E-state index in [0.717, 1.165) is 12.0 Å². The van der Waals surface area contributed by atoms with Crippen molar-refractivity contribution in [3.8, 4) is 0 Å². The van der Waals surface area contributed by atoms with Crippen molar-refractivity contribution in [2.75, 3.05) is 13.6 Å². The van der Waals surface area contributed by atoms with Crippen molar-refractivity contribution in [2.24, 2.45) is 11.7 Å². The Labute approximate surface area is 203 Å². The maximum absolute atomic E-state index is 13.2. The first-order valence-corrected chi connectivity index (χ1v) is 12.6. The lowest BCUT2D eigenvalue weighted by molar-refractivity contribution is -0.132. The Bertz CT molecular complexity index is 750. The van der Waals surface area contributed by atoms with Gasteiger partial charge in [-0.1, -0.05) is 65.0 Å². The zero-order valence-corrected chi connectivity index (χ0v) is 21.8. The highest BCUT2D eigenvalue weighted by Gasteiger charge is 2.31. The maximum Gasteiger partial charge on any atom is 0.243 e. The molecule has 8 heteroatoms. The van der Waals surface area contributed by atoms with Gasteiger partial charge in [0.2, 0.25) is 17.7 Å². The highest BCUT2D eigenvalue weighted by atomic mass is 32.2. The molecule has 7 nitrogen and oxygen atoms in total. The van der Waals surface area contributed by atoms with Crippen molar-refractivity contribution in [3.05, 3.63) is 35.9 Å². The van der Waals surface area contributed by atoms with E-state index in [-0.39, 0.29) is 33.6 Å². The number of thioether (sulfide) groups is 1. The minimum Gasteiger partial charge on any atom is -0.357 e. The Balaban J connectivity index is 2.99. The van der Waals surface area contributed by atoms with Crippen LogP contribution in [0.2, 0.25) is 0 Å². The minimum atomic E-state index is -0.728. The lowest BCUT2D eigenvalue weighted by atomic mass is 10.0. The van der Waals surface area contributed by atoms with Gasteiger partial charge in [0.15, 0.2) is 0 Å². The third kappa shape index (κ3) is 11.6. The van der Waals surface area contributed by atoms with Crippen molar-refractivity contribution in [1.29, 1.82) is 0 Å². The van der Waals surface area contributed by atoms with Gasteiger partial charge in [0.1, 0.15) is 12.1 Å². The van der Waals surface area contributed by atoms with Crippen molar-refractivity contribution >= 4 is 29.5 Å². The second kappa shape index (κ2) is 14.3. The van der Waals surface area contributed by atoms with E-state index in [1.807, 2.05) is 44.2 Å². The van der Waals surface area contributed by atoms with Crippen LogP contribution in [0.4, 0.5) is 0 Å².